The minimum atomic E-state index is -1.03. The molecule has 3 aliphatic rings. The second-order valence-electron chi connectivity index (χ2n) is 13.4. The zero-order chi connectivity index (χ0) is 29.9. The van der Waals surface area contributed by atoms with Crippen molar-refractivity contribution in [2.24, 2.45) is 23.7 Å². The van der Waals surface area contributed by atoms with Crippen LogP contribution in [0.15, 0.2) is 0 Å². The van der Waals surface area contributed by atoms with Crippen molar-refractivity contribution in [3.05, 3.63) is 0 Å². The summed E-state index contributed by atoms with van der Waals surface area (Å²) < 4.78 is 0. The van der Waals surface area contributed by atoms with E-state index in [1.165, 1.54) is 11.3 Å². The van der Waals surface area contributed by atoms with Gasteiger partial charge in [-0.15, -0.1) is 0 Å². The quantitative estimate of drug-likeness (QED) is 0.260. The third-order valence-electron chi connectivity index (χ3n) is 9.90. The Hall–Kier alpha value is -2.16. The molecule has 4 N–H and O–H groups in total. The lowest BCUT2D eigenvalue weighted by molar-refractivity contribution is -0.152. The summed E-state index contributed by atoms with van der Waals surface area (Å²) in [6, 6.07) is -2.81. The predicted molar refractivity (Wildman–Crippen MR) is 160 cm³/mol. The number of carboxylic acids is 1. The molecule has 3 rings (SSSR count). The van der Waals surface area contributed by atoms with E-state index in [4.69, 9.17) is 0 Å². The highest BCUT2D eigenvalue weighted by Crippen LogP contribution is 2.31. The predicted octanol–water partition coefficient (Wildman–Crippen LogP) is 4.24. The largest absolute Gasteiger partial charge is 0.480 e. The molecule has 9 nitrogen and oxygen atoms in total. The molecule has 0 aromatic rings. The summed E-state index contributed by atoms with van der Waals surface area (Å²) in [6.45, 7) is 3.88. The molecule has 0 heterocycles. The van der Waals surface area contributed by atoms with Gasteiger partial charge in [-0.25, -0.2) is 4.79 Å². The second kappa shape index (κ2) is 16.5. The van der Waals surface area contributed by atoms with Crippen LogP contribution in [0, 0.1) is 23.7 Å². The van der Waals surface area contributed by atoms with Gasteiger partial charge in [0.05, 0.1) is 6.04 Å². The Balaban J connectivity index is 1.83. The zero-order valence-corrected chi connectivity index (χ0v) is 26.0. The number of carbonyl (C=O) groups excluding carboxylic acids is 3. The number of rotatable bonds is 13. The maximum absolute atomic E-state index is 14.1. The number of nitrogens with zero attached hydrogens (tertiary/aromatic N) is 1. The molecular weight excluding hydrogens is 520 g/mol. The fourth-order valence-electron chi connectivity index (χ4n) is 7.49. The van der Waals surface area contributed by atoms with E-state index in [1.54, 1.807) is 7.05 Å². The van der Waals surface area contributed by atoms with E-state index in [9.17, 15) is 24.3 Å². The standard InChI is InChI=1S/C32H56N4O5/c1-21(2)20-25(32(40)41)36(4)31(39)28(24-18-12-7-13-19-24)35-30(38)27(23-16-10-6-11-17-23)34-29(37)26(33-3)22-14-8-5-9-15-22/h21-28,33H,5-20H2,1-4H3,(H,34,37)(H,35,38)(H,40,41)/t25-,26-,27-,28-/m1/s1. The average Bonchev–Trinajstić information content (AvgIpc) is 2.98. The first-order valence-corrected chi connectivity index (χ1v) is 16.4. The Kier molecular flexibility index (Phi) is 13.4. The third kappa shape index (κ3) is 9.42. The second-order valence-corrected chi connectivity index (χ2v) is 13.4. The fraction of sp³-hybridized carbons (Fsp3) is 0.875. The zero-order valence-electron chi connectivity index (χ0n) is 26.0. The molecule has 9 heteroatoms. The van der Waals surface area contributed by atoms with Crippen LogP contribution in [0.2, 0.25) is 0 Å². The van der Waals surface area contributed by atoms with Crippen molar-refractivity contribution in [3.8, 4) is 0 Å². The number of carbonyl (C=O) groups is 4. The summed E-state index contributed by atoms with van der Waals surface area (Å²) in [7, 11) is 3.37. The first-order valence-electron chi connectivity index (χ1n) is 16.4. The lowest BCUT2D eigenvalue weighted by Gasteiger charge is -2.37. The number of hydrogen-bond donors (Lipinski definition) is 4. The van der Waals surface area contributed by atoms with Crippen LogP contribution in [0.1, 0.15) is 117 Å². The maximum atomic E-state index is 14.1. The van der Waals surface area contributed by atoms with Gasteiger partial charge in [-0.1, -0.05) is 71.6 Å². The minimum absolute atomic E-state index is 0.0177. The summed E-state index contributed by atoms with van der Waals surface area (Å²) in [5.41, 5.74) is 0. The van der Waals surface area contributed by atoms with Gasteiger partial charge in [-0.3, -0.25) is 14.4 Å². The molecule has 3 amide bonds. The molecule has 3 saturated carbocycles. The van der Waals surface area contributed by atoms with Gasteiger partial charge in [0, 0.05) is 7.05 Å². The van der Waals surface area contributed by atoms with E-state index in [0.717, 1.165) is 89.9 Å². The molecule has 3 fully saturated rings. The van der Waals surface area contributed by atoms with E-state index in [1.807, 2.05) is 20.9 Å². The van der Waals surface area contributed by atoms with Crippen LogP contribution in [-0.4, -0.2) is 72.0 Å². The van der Waals surface area contributed by atoms with E-state index in [0.29, 0.717) is 6.42 Å². The summed E-state index contributed by atoms with van der Waals surface area (Å²) in [4.78, 5) is 55.1. The molecule has 41 heavy (non-hydrogen) atoms. The molecule has 0 bridgehead atoms. The van der Waals surface area contributed by atoms with Crippen LogP contribution in [-0.2, 0) is 19.2 Å². The molecule has 0 aliphatic heterocycles. The molecule has 0 saturated heterocycles. The summed E-state index contributed by atoms with van der Waals surface area (Å²) in [6.07, 6.45) is 15.4. The number of amides is 3. The van der Waals surface area contributed by atoms with E-state index < -0.39 is 24.1 Å². The average molecular weight is 577 g/mol. The third-order valence-corrected chi connectivity index (χ3v) is 9.90. The smallest absolute Gasteiger partial charge is 0.326 e. The SMILES string of the molecule is CN[C@@H](C(=O)N[C@@H](C(=O)N[C@@H](C(=O)N(C)[C@H](CC(C)C)C(=O)O)C1CCCCC1)C1CCCCC1)C1CCCCC1. The van der Waals surface area contributed by atoms with Crippen molar-refractivity contribution in [1.82, 2.24) is 20.9 Å². The molecule has 0 radical (unpaired) electrons. The van der Waals surface area contributed by atoms with Crippen LogP contribution in [0.4, 0.5) is 0 Å². The number of aliphatic carboxylic acids is 1. The summed E-state index contributed by atoms with van der Waals surface area (Å²) >= 11 is 0. The van der Waals surface area contributed by atoms with Gasteiger partial charge in [-0.05, 0) is 75.7 Å². The van der Waals surface area contributed by atoms with E-state index >= 15 is 0 Å². The Morgan fingerprint density at radius 3 is 1.49 bits per heavy atom. The molecular formula is C32H56N4O5. The van der Waals surface area contributed by atoms with Crippen molar-refractivity contribution >= 4 is 23.7 Å². The molecule has 3 aliphatic carbocycles. The maximum Gasteiger partial charge on any atom is 0.326 e. The molecule has 234 valence electrons. The van der Waals surface area contributed by atoms with Crippen LogP contribution < -0.4 is 16.0 Å². The highest BCUT2D eigenvalue weighted by Gasteiger charge is 2.40. The van der Waals surface area contributed by atoms with E-state index in [-0.39, 0.29) is 47.4 Å². The number of hydrogen-bond acceptors (Lipinski definition) is 5. The Labute approximate surface area is 247 Å². The van der Waals surface area contributed by atoms with Crippen LogP contribution >= 0.6 is 0 Å². The number of nitrogens with one attached hydrogen (secondary N) is 3. The summed E-state index contributed by atoms with van der Waals surface area (Å²) in [5.74, 6) is -1.50. The van der Waals surface area contributed by atoms with Crippen LogP contribution in [0.5, 0.6) is 0 Å². The molecule has 0 aromatic heterocycles. The van der Waals surface area contributed by atoms with Gasteiger partial charge in [0.1, 0.15) is 18.1 Å². The fourth-order valence-corrected chi connectivity index (χ4v) is 7.49. The highest BCUT2D eigenvalue weighted by molar-refractivity contribution is 5.94. The number of likely N-dealkylation sites (N-methyl/N-ethyl adjacent to an activating group) is 2. The van der Waals surface area contributed by atoms with Crippen molar-refractivity contribution in [2.45, 2.75) is 141 Å². The molecule has 4 atom stereocenters. The van der Waals surface area contributed by atoms with E-state index in [2.05, 4.69) is 16.0 Å². The highest BCUT2D eigenvalue weighted by atomic mass is 16.4. The molecule has 0 aromatic carbocycles. The Morgan fingerprint density at radius 2 is 1.07 bits per heavy atom. The first kappa shape index (κ1) is 33.3. The summed E-state index contributed by atoms with van der Waals surface area (Å²) in [5, 5.41) is 19.4. The van der Waals surface area contributed by atoms with Crippen LogP contribution in [0.25, 0.3) is 0 Å². The normalized spacial score (nSPS) is 22.4. The van der Waals surface area contributed by atoms with Gasteiger partial charge >= 0.3 is 5.97 Å². The lowest BCUT2D eigenvalue weighted by Crippen LogP contribution is -2.61. The Morgan fingerprint density at radius 1 is 0.683 bits per heavy atom. The van der Waals surface area contributed by atoms with Crippen molar-refractivity contribution in [2.75, 3.05) is 14.1 Å². The van der Waals surface area contributed by atoms with Gasteiger partial charge in [0.15, 0.2) is 0 Å². The van der Waals surface area contributed by atoms with Crippen LogP contribution in [0.3, 0.4) is 0 Å². The van der Waals surface area contributed by atoms with Gasteiger partial charge in [0.2, 0.25) is 17.7 Å². The number of carboxylic acid groups (broad SMARTS) is 1. The topological polar surface area (TPSA) is 128 Å². The minimum Gasteiger partial charge on any atom is -0.480 e. The van der Waals surface area contributed by atoms with Gasteiger partial charge in [0.25, 0.3) is 0 Å². The Bertz CT molecular complexity index is 862. The van der Waals surface area contributed by atoms with Crippen molar-refractivity contribution in [3.63, 3.8) is 0 Å². The lowest BCUT2D eigenvalue weighted by atomic mass is 9.80. The van der Waals surface area contributed by atoms with Crippen molar-refractivity contribution in [1.29, 1.82) is 0 Å². The van der Waals surface area contributed by atoms with Gasteiger partial charge < -0.3 is 26.0 Å². The molecule has 0 spiro atoms. The molecule has 0 unspecified atom stereocenters. The van der Waals surface area contributed by atoms with Gasteiger partial charge in [-0.2, -0.15) is 0 Å². The van der Waals surface area contributed by atoms with Crippen molar-refractivity contribution < 1.29 is 24.3 Å². The first-order chi connectivity index (χ1) is 19.6. The monoisotopic (exact) mass is 576 g/mol.